The van der Waals surface area contributed by atoms with Gasteiger partial charge in [-0.2, -0.15) is 15.4 Å². The first-order chi connectivity index (χ1) is 5.90. The van der Waals surface area contributed by atoms with E-state index in [1.807, 2.05) is 0 Å². The molecule has 60 valence electrons. The van der Waals surface area contributed by atoms with E-state index in [-0.39, 0.29) is 0 Å². The maximum atomic E-state index is 6.72. The van der Waals surface area contributed by atoms with Crippen LogP contribution in [0.4, 0.5) is 0 Å². The Morgan fingerprint density at radius 3 is 3.00 bits per heavy atom. The van der Waals surface area contributed by atoms with Gasteiger partial charge >= 0.3 is 0 Å². The first-order valence-corrected chi connectivity index (χ1v) is 3.36. The zero-order valence-electron chi connectivity index (χ0n) is 6.11. The third-order valence-corrected chi connectivity index (χ3v) is 1.48. The maximum Gasteiger partial charge on any atom is 0.173 e. The molecule has 2 N–H and O–H groups in total. The van der Waals surface area contributed by atoms with Gasteiger partial charge in [-0.25, -0.2) is 0 Å². The van der Waals surface area contributed by atoms with E-state index in [1.165, 1.54) is 0 Å². The minimum absolute atomic E-state index is 0.589. The molecule has 5 nitrogen and oxygen atoms in total. The van der Waals surface area contributed by atoms with Crippen molar-refractivity contribution < 1.29 is 4.74 Å². The SMILES string of the molecule is N=COc1ccc2n[nH]nc2c1. The largest absolute Gasteiger partial charge is 0.446 e. The van der Waals surface area contributed by atoms with E-state index >= 15 is 0 Å². The number of H-pyrrole nitrogens is 1. The predicted octanol–water partition coefficient (Wildman–Crippen LogP) is 0.944. The van der Waals surface area contributed by atoms with E-state index in [1.54, 1.807) is 18.2 Å². The Kier molecular flexibility index (Phi) is 1.48. The topological polar surface area (TPSA) is 74.7 Å². The monoisotopic (exact) mass is 162 g/mol. The smallest absolute Gasteiger partial charge is 0.173 e. The van der Waals surface area contributed by atoms with E-state index < -0.39 is 0 Å². The highest BCUT2D eigenvalue weighted by Crippen LogP contribution is 2.15. The Bertz CT molecular complexity index is 408. The second-order valence-electron chi connectivity index (χ2n) is 2.21. The van der Waals surface area contributed by atoms with Crippen LogP contribution in [0.15, 0.2) is 18.2 Å². The number of fused-ring (bicyclic) bond motifs is 1. The quantitative estimate of drug-likeness (QED) is 0.509. The highest BCUT2D eigenvalue weighted by Gasteiger charge is 1.98. The Labute approximate surface area is 67.9 Å². The Morgan fingerprint density at radius 2 is 2.17 bits per heavy atom. The summed E-state index contributed by atoms with van der Waals surface area (Å²) in [5.41, 5.74) is 1.52. The highest BCUT2D eigenvalue weighted by molar-refractivity contribution is 5.75. The summed E-state index contributed by atoms with van der Waals surface area (Å²) >= 11 is 0. The number of aromatic amines is 1. The van der Waals surface area contributed by atoms with Gasteiger partial charge in [0, 0.05) is 6.07 Å². The number of benzene rings is 1. The third-order valence-electron chi connectivity index (χ3n) is 1.48. The molecule has 5 heteroatoms. The van der Waals surface area contributed by atoms with Gasteiger partial charge in [0.25, 0.3) is 0 Å². The van der Waals surface area contributed by atoms with Gasteiger partial charge < -0.3 is 4.74 Å². The molecule has 0 aliphatic carbocycles. The Morgan fingerprint density at radius 1 is 1.33 bits per heavy atom. The predicted molar refractivity (Wildman–Crippen MR) is 43.3 cm³/mol. The number of nitrogens with one attached hydrogen (secondary N) is 2. The number of aromatic nitrogens is 3. The molecular formula is C7H6N4O. The van der Waals surface area contributed by atoms with Crippen LogP contribution in [0, 0.1) is 5.41 Å². The van der Waals surface area contributed by atoms with Crippen LogP contribution < -0.4 is 4.74 Å². The fraction of sp³-hybridized carbons (Fsp3) is 0. The summed E-state index contributed by atoms with van der Waals surface area (Å²) in [6, 6.07) is 5.22. The third kappa shape index (κ3) is 1.01. The standard InChI is InChI=1S/C7H6N4O/c8-4-12-5-1-2-6-7(3-5)10-11-9-6/h1-4,8H,(H,9,10,11). The van der Waals surface area contributed by atoms with Crippen molar-refractivity contribution in [3.63, 3.8) is 0 Å². The van der Waals surface area contributed by atoms with Gasteiger partial charge in [-0.15, -0.1) is 0 Å². The molecule has 1 aromatic heterocycles. The number of ether oxygens (including phenoxy) is 1. The minimum Gasteiger partial charge on any atom is -0.446 e. The first-order valence-electron chi connectivity index (χ1n) is 3.36. The maximum absolute atomic E-state index is 6.72. The molecule has 1 heterocycles. The fourth-order valence-electron chi connectivity index (χ4n) is 0.961. The Hall–Kier alpha value is -1.91. The molecule has 0 amide bonds. The van der Waals surface area contributed by atoms with Crippen molar-refractivity contribution in [2.75, 3.05) is 0 Å². The molecule has 2 rings (SSSR count). The average molecular weight is 162 g/mol. The summed E-state index contributed by atoms with van der Waals surface area (Å²) in [7, 11) is 0. The zero-order valence-corrected chi connectivity index (χ0v) is 6.11. The summed E-state index contributed by atoms with van der Waals surface area (Å²) in [4.78, 5) is 0. The van der Waals surface area contributed by atoms with Crippen molar-refractivity contribution in [1.29, 1.82) is 5.41 Å². The number of hydrogen-bond donors (Lipinski definition) is 2. The van der Waals surface area contributed by atoms with E-state index in [0.717, 1.165) is 17.4 Å². The van der Waals surface area contributed by atoms with Crippen molar-refractivity contribution in [1.82, 2.24) is 15.4 Å². The molecule has 0 fully saturated rings. The lowest BCUT2D eigenvalue weighted by Gasteiger charge is -1.95. The number of nitrogens with zero attached hydrogens (tertiary/aromatic N) is 2. The van der Waals surface area contributed by atoms with Crippen molar-refractivity contribution in [2.24, 2.45) is 0 Å². The summed E-state index contributed by atoms with van der Waals surface area (Å²) in [6.45, 7) is 0. The molecule has 1 aromatic carbocycles. The minimum atomic E-state index is 0.589. The van der Waals surface area contributed by atoms with Crippen LogP contribution in [0.5, 0.6) is 5.75 Å². The van der Waals surface area contributed by atoms with Crippen LogP contribution in [0.2, 0.25) is 0 Å². The normalized spacial score (nSPS) is 10.0. The fourth-order valence-corrected chi connectivity index (χ4v) is 0.961. The first kappa shape index (κ1) is 6.78. The number of rotatable bonds is 2. The molecule has 0 bridgehead atoms. The molecular weight excluding hydrogens is 156 g/mol. The lowest BCUT2D eigenvalue weighted by molar-refractivity contribution is 0.571. The lowest BCUT2D eigenvalue weighted by atomic mass is 10.3. The average Bonchev–Trinajstić information content (AvgIpc) is 2.51. The van der Waals surface area contributed by atoms with Gasteiger partial charge in [0.15, 0.2) is 6.40 Å². The van der Waals surface area contributed by atoms with Gasteiger partial charge in [-0.1, -0.05) is 0 Å². The van der Waals surface area contributed by atoms with Crippen LogP contribution in [0.25, 0.3) is 11.0 Å². The summed E-state index contributed by atoms with van der Waals surface area (Å²) in [5.74, 6) is 0.589. The van der Waals surface area contributed by atoms with E-state index in [2.05, 4.69) is 15.4 Å². The summed E-state index contributed by atoms with van der Waals surface area (Å²) in [6.07, 6.45) is 0.876. The van der Waals surface area contributed by atoms with Crippen molar-refractivity contribution in [3.8, 4) is 5.75 Å². The van der Waals surface area contributed by atoms with Gasteiger partial charge in [0.2, 0.25) is 0 Å². The van der Waals surface area contributed by atoms with Crippen LogP contribution in [0.1, 0.15) is 0 Å². The van der Waals surface area contributed by atoms with Crippen LogP contribution in [-0.2, 0) is 0 Å². The van der Waals surface area contributed by atoms with E-state index in [4.69, 9.17) is 10.1 Å². The van der Waals surface area contributed by atoms with Gasteiger partial charge in [0.05, 0.1) is 0 Å². The molecule has 0 atom stereocenters. The van der Waals surface area contributed by atoms with Crippen molar-refractivity contribution >= 4 is 17.4 Å². The van der Waals surface area contributed by atoms with Crippen LogP contribution >= 0.6 is 0 Å². The lowest BCUT2D eigenvalue weighted by Crippen LogP contribution is -1.86. The molecule has 0 unspecified atom stereocenters. The molecule has 0 aliphatic heterocycles. The van der Waals surface area contributed by atoms with Gasteiger partial charge in [-0.05, 0) is 12.1 Å². The van der Waals surface area contributed by atoms with E-state index in [9.17, 15) is 0 Å². The zero-order chi connectivity index (χ0) is 8.39. The molecule has 0 aliphatic rings. The number of hydrogen-bond acceptors (Lipinski definition) is 4. The molecule has 0 spiro atoms. The molecule has 12 heavy (non-hydrogen) atoms. The molecule has 0 saturated heterocycles. The van der Waals surface area contributed by atoms with Crippen molar-refractivity contribution in [3.05, 3.63) is 18.2 Å². The Balaban J connectivity index is 2.52. The van der Waals surface area contributed by atoms with Crippen LogP contribution in [0.3, 0.4) is 0 Å². The highest BCUT2D eigenvalue weighted by atomic mass is 16.5. The second kappa shape index (κ2) is 2.61. The molecule has 2 aromatic rings. The second-order valence-corrected chi connectivity index (χ2v) is 2.21. The van der Waals surface area contributed by atoms with E-state index in [0.29, 0.717) is 5.75 Å². The summed E-state index contributed by atoms with van der Waals surface area (Å²) in [5, 5.41) is 17.0. The summed E-state index contributed by atoms with van der Waals surface area (Å²) < 4.78 is 4.84. The van der Waals surface area contributed by atoms with Gasteiger partial charge in [-0.3, -0.25) is 5.41 Å². The van der Waals surface area contributed by atoms with Gasteiger partial charge in [0.1, 0.15) is 16.8 Å². The van der Waals surface area contributed by atoms with Crippen LogP contribution in [-0.4, -0.2) is 21.8 Å². The van der Waals surface area contributed by atoms with Crippen molar-refractivity contribution in [2.45, 2.75) is 0 Å². The molecule has 0 radical (unpaired) electrons. The molecule has 0 saturated carbocycles.